The molecule has 0 spiro atoms. The number of rotatable bonds is 1. The molecule has 0 fully saturated rings. The fourth-order valence-electron chi connectivity index (χ4n) is 2.14. The zero-order chi connectivity index (χ0) is 12.8. The number of fused-ring (bicyclic) bond motifs is 1. The molecule has 0 amide bonds. The molecule has 0 unspecified atom stereocenters. The average Bonchev–Trinajstić information content (AvgIpc) is 2.68. The fourth-order valence-corrected chi connectivity index (χ4v) is 8.68. The van der Waals surface area contributed by atoms with Gasteiger partial charge in [0.1, 0.15) is 0 Å². The standard InChI is InChI=1S/C14H15NOSSe/c1-10-4-3-5-12(8-10)17(16)13-9-11(2)6-7-14(13)18-15-17/h3-9,17H,1-2H3,(H,15,16). The van der Waals surface area contributed by atoms with Gasteiger partial charge in [-0.15, -0.1) is 0 Å². The first-order valence-electron chi connectivity index (χ1n) is 5.82. The Bertz CT molecular complexity index is 669. The third-order valence-electron chi connectivity index (χ3n) is 3.10. The fraction of sp³-hybridized carbons (Fsp3) is 0.143. The van der Waals surface area contributed by atoms with Crippen LogP contribution in [-0.4, -0.2) is 19.4 Å². The Morgan fingerprint density at radius 3 is 2.61 bits per heavy atom. The number of aryl methyl sites for hydroxylation is 2. The predicted molar refractivity (Wildman–Crippen MR) is 77.0 cm³/mol. The molecular weight excluding hydrogens is 309 g/mol. The second-order valence-corrected chi connectivity index (χ2v) is 9.51. The van der Waals surface area contributed by atoms with Crippen molar-refractivity contribution in [3.05, 3.63) is 53.6 Å². The molecular formula is C14H15NOSSe. The van der Waals surface area contributed by atoms with Gasteiger partial charge in [0.15, 0.2) is 0 Å². The van der Waals surface area contributed by atoms with Gasteiger partial charge in [-0.05, 0) is 0 Å². The molecule has 1 aliphatic rings. The molecule has 0 saturated carbocycles. The van der Waals surface area contributed by atoms with Gasteiger partial charge in [0.25, 0.3) is 0 Å². The van der Waals surface area contributed by atoms with Crippen LogP contribution in [0.3, 0.4) is 0 Å². The first-order chi connectivity index (χ1) is 8.59. The molecule has 0 aliphatic carbocycles. The Kier molecular flexibility index (Phi) is 2.91. The molecule has 0 atom stereocenters. The van der Waals surface area contributed by atoms with Crippen LogP contribution in [0.1, 0.15) is 11.1 Å². The van der Waals surface area contributed by atoms with Crippen LogP contribution < -0.4 is 8.20 Å². The van der Waals surface area contributed by atoms with Gasteiger partial charge in [0.05, 0.1) is 0 Å². The third-order valence-corrected chi connectivity index (χ3v) is 9.25. The molecule has 18 heavy (non-hydrogen) atoms. The molecule has 0 aromatic heterocycles. The third kappa shape index (κ3) is 1.86. The normalized spacial score (nSPS) is 18.3. The molecule has 3 rings (SSSR count). The molecule has 2 aromatic carbocycles. The number of thiol groups is 1. The molecule has 0 bridgehead atoms. The van der Waals surface area contributed by atoms with E-state index >= 15 is 0 Å². The number of hydrogen-bond donors (Lipinski definition) is 2. The quantitative estimate of drug-likeness (QED) is 0.604. The maximum atomic E-state index is 13.2. The first-order valence-corrected chi connectivity index (χ1v) is 9.24. The van der Waals surface area contributed by atoms with Crippen LogP contribution in [0.15, 0.2) is 52.3 Å². The van der Waals surface area contributed by atoms with Crippen LogP contribution in [0.2, 0.25) is 0 Å². The minimum absolute atomic E-state index is 0.113. The van der Waals surface area contributed by atoms with Crippen molar-refractivity contribution in [2.75, 3.05) is 0 Å². The van der Waals surface area contributed by atoms with Crippen LogP contribution in [0.25, 0.3) is 0 Å². The summed E-state index contributed by atoms with van der Waals surface area (Å²) in [4.78, 5) is 1.93. The van der Waals surface area contributed by atoms with E-state index in [2.05, 4.69) is 21.9 Å². The van der Waals surface area contributed by atoms with Crippen LogP contribution in [-0.2, 0) is 10.1 Å². The SMILES string of the molecule is Cc1cccc([SH]2(=O)N[Se]c3ccc(C)cc32)c1. The van der Waals surface area contributed by atoms with Crippen molar-refractivity contribution in [2.45, 2.75) is 23.6 Å². The average molecular weight is 324 g/mol. The van der Waals surface area contributed by atoms with Crippen molar-refractivity contribution in [1.82, 2.24) is 3.74 Å². The summed E-state index contributed by atoms with van der Waals surface area (Å²) in [6, 6.07) is 14.3. The number of hydrogen-bond acceptors (Lipinski definition) is 1. The topological polar surface area (TPSA) is 29.1 Å². The second kappa shape index (κ2) is 4.32. The summed E-state index contributed by atoms with van der Waals surface area (Å²) in [5.41, 5.74) is 2.32. The molecule has 2 aromatic rings. The van der Waals surface area contributed by atoms with Gasteiger partial charge in [-0.2, -0.15) is 0 Å². The van der Waals surface area contributed by atoms with Gasteiger partial charge in [-0.1, -0.05) is 0 Å². The first kappa shape index (κ1) is 12.1. The van der Waals surface area contributed by atoms with Crippen molar-refractivity contribution in [2.24, 2.45) is 0 Å². The van der Waals surface area contributed by atoms with Crippen LogP contribution >= 0.6 is 0 Å². The van der Waals surface area contributed by atoms with Gasteiger partial charge >= 0.3 is 115 Å². The summed E-state index contributed by atoms with van der Waals surface area (Å²) >= 11 is 0.113. The molecule has 0 radical (unpaired) electrons. The van der Waals surface area contributed by atoms with Crippen molar-refractivity contribution in [3.63, 3.8) is 0 Å². The van der Waals surface area contributed by atoms with E-state index in [9.17, 15) is 4.21 Å². The summed E-state index contributed by atoms with van der Waals surface area (Å²) in [5, 5.41) is 0. The Hall–Kier alpha value is -0.931. The van der Waals surface area contributed by atoms with E-state index in [-0.39, 0.29) is 15.2 Å². The van der Waals surface area contributed by atoms with E-state index in [1.165, 1.54) is 10.0 Å². The van der Waals surface area contributed by atoms with E-state index in [0.29, 0.717) is 0 Å². The Labute approximate surface area is 115 Å². The minimum atomic E-state index is -2.59. The molecule has 1 heterocycles. The van der Waals surface area contributed by atoms with E-state index < -0.39 is 10.1 Å². The Balaban J connectivity index is 2.20. The van der Waals surface area contributed by atoms with E-state index in [1.807, 2.05) is 38.1 Å². The second-order valence-electron chi connectivity index (χ2n) is 4.61. The molecule has 2 nitrogen and oxygen atoms in total. The summed E-state index contributed by atoms with van der Waals surface area (Å²) in [7, 11) is -2.59. The Morgan fingerprint density at radius 2 is 1.83 bits per heavy atom. The van der Waals surface area contributed by atoms with Crippen LogP contribution in [0, 0.1) is 13.8 Å². The summed E-state index contributed by atoms with van der Waals surface area (Å²) in [6.45, 7) is 4.08. The number of benzene rings is 2. The maximum absolute atomic E-state index is 13.2. The van der Waals surface area contributed by atoms with E-state index in [4.69, 9.17) is 0 Å². The molecule has 94 valence electrons. The summed E-state index contributed by atoms with van der Waals surface area (Å²) in [6.07, 6.45) is 0. The Morgan fingerprint density at radius 1 is 1.06 bits per heavy atom. The van der Waals surface area contributed by atoms with Crippen molar-refractivity contribution in [3.8, 4) is 0 Å². The van der Waals surface area contributed by atoms with Gasteiger partial charge in [-0.25, -0.2) is 0 Å². The van der Waals surface area contributed by atoms with Gasteiger partial charge in [0, 0.05) is 0 Å². The monoisotopic (exact) mass is 325 g/mol. The van der Waals surface area contributed by atoms with Crippen LogP contribution in [0.4, 0.5) is 0 Å². The summed E-state index contributed by atoms with van der Waals surface area (Å²) < 4.78 is 17.8. The van der Waals surface area contributed by atoms with Gasteiger partial charge in [0.2, 0.25) is 0 Å². The van der Waals surface area contributed by atoms with Crippen molar-refractivity contribution >= 4 is 29.8 Å². The van der Waals surface area contributed by atoms with E-state index in [1.54, 1.807) is 0 Å². The van der Waals surface area contributed by atoms with Crippen molar-refractivity contribution < 1.29 is 4.21 Å². The van der Waals surface area contributed by atoms with E-state index in [0.717, 1.165) is 15.4 Å². The zero-order valence-electron chi connectivity index (χ0n) is 10.3. The van der Waals surface area contributed by atoms with Gasteiger partial charge in [-0.3, -0.25) is 0 Å². The molecule has 4 heteroatoms. The number of nitrogens with one attached hydrogen (secondary N) is 1. The zero-order valence-corrected chi connectivity index (χ0v) is 12.9. The molecule has 1 aliphatic heterocycles. The predicted octanol–water partition coefficient (Wildman–Crippen LogP) is 1.50. The summed E-state index contributed by atoms with van der Waals surface area (Å²) in [5.74, 6) is 0. The molecule has 0 saturated heterocycles. The molecule has 1 N–H and O–H groups in total. The van der Waals surface area contributed by atoms with Crippen molar-refractivity contribution in [1.29, 1.82) is 0 Å². The van der Waals surface area contributed by atoms with Crippen LogP contribution in [0.5, 0.6) is 0 Å². The van der Waals surface area contributed by atoms with Gasteiger partial charge < -0.3 is 0 Å².